The van der Waals surface area contributed by atoms with E-state index in [-0.39, 0.29) is 59.1 Å². The van der Waals surface area contributed by atoms with Crippen molar-refractivity contribution in [2.45, 2.75) is 12.5 Å². The lowest BCUT2D eigenvalue weighted by atomic mass is 9.69. The molecule has 0 bridgehead atoms. The molecule has 1 fully saturated rings. The normalized spacial score (nSPS) is 22.5. The van der Waals surface area contributed by atoms with Crippen molar-refractivity contribution >= 4 is 56.3 Å². The maximum absolute atomic E-state index is 12.8. The van der Waals surface area contributed by atoms with E-state index in [1.54, 1.807) is 29.2 Å². The number of aromatic amines is 1. The number of hydrogen-bond donors (Lipinski definition) is 5. The van der Waals surface area contributed by atoms with Crippen molar-refractivity contribution in [3.63, 3.8) is 0 Å². The molecule has 6 N–H and O–H groups in total. The molecule has 41 heavy (non-hydrogen) atoms. The number of anilines is 3. The summed E-state index contributed by atoms with van der Waals surface area (Å²) < 4.78 is 46.2. The number of H-pyrrole nitrogens is 1. The number of halogens is 2. The molecule has 1 aliphatic heterocycles. The highest BCUT2D eigenvalue weighted by Gasteiger charge is 2.49. The third-order valence-electron chi connectivity index (χ3n) is 6.64. The Morgan fingerprint density at radius 2 is 1.54 bits per heavy atom. The van der Waals surface area contributed by atoms with Gasteiger partial charge in [0.25, 0.3) is 5.56 Å². The average molecular weight is 648 g/mol. The van der Waals surface area contributed by atoms with Gasteiger partial charge in [-0.1, -0.05) is 47.5 Å². The highest BCUT2D eigenvalue weighted by molar-refractivity contribution is 7.48. The van der Waals surface area contributed by atoms with Crippen LogP contribution in [0.5, 0.6) is 11.5 Å². The Morgan fingerprint density at radius 3 is 2.12 bits per heavy atom. The van der Waals surface area contributed by atoms with Crippen molar-refractivity contribution in [3.8, 4) is 11.5 Å². The Bertz CT molecular complexity index is 1600. The summed E-state index contributed by atoms with van der Waals surface area (Å²) in [5.41, 5.74) is 5.51. The number of hydrogen-bond acceptors (Lipinski definition) is 11. The molecule has 2 heterocycles. The van der Waals surface area contributed by atoms with Crippen molar-refractivity contribution < 1.29 is 37.0 Å². The van der Waals surface area contributed by atoms with E-state index in [1.165, 1.54) is 24.3 Å². The van der Waals surface area contributed by atoms with Crippen LogP contribution in [-0.4, -0.2) is 45.7 Å². The largest absolute Gasteiger partial charge is 0.527 e. The third-order valence-corrected chi connectivity index (χ3v) is 9.07. The molecule has 1 saturated carbocycles. The first kappa shape index (κ1) is 29.7. The predicted molar refractivity (Wildman–Crippen MR) is 151 cm³/mol. The molecule has 0 radical (unpaired) electrons. The second-order valence-electron chi connectivity index (χ2n) is 9.25. The van der Waals surface area contributed by atoms with Crippen molar-refractivity contribution in [1.29, 1.82) is 0 Å². The molecule has 0 amide bonds. The van der Waals surface area contributed by atoms with Crippen LogP contribution in [0.4, 0.5) is 17.5 Å². The Labute approximate surface area is 243 Å². The van der Waals surface area contributed by atoms with Gasteiger partial charge in [-0.25, -0.2) is 9.13 Å². The molecule has 14 nitrogen and oxygen atoms in total. The molecule has 3 aromatic rings. The smallest absolute Gasteiger partial charge is 0.403 e. The number of rotatable bonds is 11. The minimum Gasteiger partial charge on any atom is -0.403 e. The maximum atomic E-state index is 12.8. The van der Waals surface area contributed by atoms with E-state index in [1.807, 2.05) is 0 Å². The quantitative estimate of drug-likeness (QED) is 0.185. The van der Waals surface area contributed by atoms with Gasteiger partial charge in [0.2, 0.25) is 5.95 Å². The summed E-state index contributed by atoms with van der Waals surface area (Å²) in [5, 5.41) is 3.20. The van der Waals surface area contributed by atoms with Gasteiger partial charge in [-0.05, 0) is 36.6 Å². The van der Waals surface area contributed by atoms with Gasteiger partial charge in [0.05, 0.1) is 29.9 Å². The molecule has 2 unspecified atom stereocenters. The number of nitrogens with one attached hydrogen (secondary N) is 2. The second kappa shape index (κ2) is 11.8. The molecule has 2 aromatic carbocycles. The van der Waals surface area contributed by atoms with Gasteiger partial charge < -0.3 is 25.0 Å². The number of nitrogens with zero attached hydrogens (tertiary/aromatic N) is 2. The topological polar surface area (TPSA) is 199 Å². The molecule has 5 rings (SSSR count). The van der Waals surface area contributed by atoms with Gasteiger partial charge in [0.1, 0.15) is 17.2 Å². The molecule has 18 heteroatoms. The van der Waals surface area contributed by atoms with E-state index in [0.29, 0.717) is 12.2 Å². The highest BCUT2D eigenvalue weighted by Crippen LogP contribution is 2.52. The molecule has 0 spiro atoms. The number of phosphoric ester groups is 2. The number of fused-ring (bicyclic) bond motifs is 1. The van der Waals surface area contributed by atoms with Gasteiger partial charge in [-0.3, -0.25) is 28.6 Å². The molecular weight excluding hydrogens is 623 g/mol. The van der Waals surface area contributed by atoms with Crippen LogP contribution in [-0.2, 0) is 18.2 Å². The van der Waals surface area contributed by atoms with Gasteiger partial charge in [-0.2, -0.15) is 4.98 Å². The van der Waals surface area contributed by atoms with Crippen LogP contribution >= 0.6 is 38.8 Å². The Kier molecular flexibility index (Phi) is 8.56. The van der Waals surface area contributed by atoms with Crippen LogP contribution in [0.25, 0.3) is 0 Å². The summed E-state index contributed by atoms with van der Waals surface area (Å²) in [5.74, 6) is -0.826. The Morgan fingerprint density at radius 1 is 0.976 bits per heavy atom. The minimum atomic E-state index is -4.64. The standard InChI is InChI=1S/C23H25Cl2N5O9P2/c24-15-5-1-3-7-18(15)38-40(32,33)36-10-13-9-17(30-12-27-20-21(30)28-23(26)29-22(20)31)14(13)11-37-41(34,35)39-19-8-4-2-6-16(19)25/h1-8,13-14,17,27H,9-12H2,(H,32,33)(H,34,35)(H3,26,28,29,31)/t13-,14-,17-/m1/s1. The first-order valence-corrected chi connectivity index (χ1v) is 15.9. The fourth-order valence-electron chi connectivity index (χ4n) is 4.64. The first-order valence-electron chi connectivity index (χ1n) is 12.2. The number of nitrogen functional groups attached to an aromatic ring is 1. The summed E-state index contributed by atoms with van der Waals surface area (Å²) in [6, 6.07) is 11.8. The van der Waals surface area contributed by atoms with Crippen LogP contribution in [0.3, 0.4) is 0 Å². The average Bonchev–Trinajstić information content (AvgIpc) is 3.29. The van der Waals surface area contributed by atoms with Crippen molar-refractivity contribution in [3.05, 3.63) is 68.9 Å². The third kappa shape index (κ3) is 6.82. The van der Waals surface area contributed by atoms with Crippen molar-refractivity contribution in [2.75, 3.05) is 35.8 Å². The molecular formula is C23H25Cl2N5O9P2. The van der Waals surface area contributed by atoms with Gasteiger partial charge in [-0.15, -0.1) is 0 Å². The van der Waals surface area contributed by atoms with E-state index in [0.717, 1.165) is 0 Å². The number of benzene rings is 2. The predicted octanol–water partition coefficient (Wildman–Crippen LogP) is 4.25. The van der Waals surface area contributed by atoms with Crippen LogP contribution in [0.15, 0.2) is 53.3 Å². The van der Waals surface area contributed by atoms with Crippen molar-refractivity contribution in [2.24, 2.45) is 11.8 Å². The minimum absolute atomic E-state index is 0.0297. The molecule has 1 aliphatic carbocycles. The summed E-state index contributed by atoms with van der Waals surface area (Å²) >= 11 is 12.0. The first-order chi connectivity index (χ1) is 19.4. The Hall–Kier alpha value is -2.80. The van der Waals surface area contributed by atoms with E-state index in [4.69, 9.17) is 47.0 Å². The van der Waals surface area contributed by atoms with E-state index in [9.17, 15) is 23.7 Å². The van der Waals surface area contributed by atoms with Crippen molar-refractivity contribution in [1.82, 2.24) is 9.97 Å². The number of para-hydroxylation sites is 2. The van der Waals surface area contributed by atoms with E-state index >= 15 is 0 Å². The number of nitrogens with two attached hydrogens (primary N) is 1. The summed E-state index contributed by atoms with van der Waals surface area (Å²) in [7, 11) is -9.22. The van der Waals surface area contributed by atoms with Crippen LogP contribution < -0.4 is 30.6 Å². The maximum Gasteiger partial charge on any atom is 0.527 e. The Balaban J connectivity index is 1.31. The lowest BCUT2D eigenvalue weighted by Crippen LogP contribution is -2.55. The lowest BCUT2D eigenvalue weighted by molar-refractivity contribution is 0.0211. The van der Waals surface area contributed by atoms with Gasteiger partial charge in [0.15, 0.2) is 5.82 Å². The van der Waals surface area contributed by atoms with Crippen LogP contribution in [0.2, 0.25) is 10.0 Å². The van der Waals surface area contributed by atoms with Gasteiger partial charge in [0, 0.05) is 12.0 Å². The molecule has 2 aliphatic rings. The zero-order chi connectivity index (χ0) is 29.4. The summed E-state index contributed by atoms with van der Waals surface area (Å²) in [4.78, 5) is 41.4. The summed E-state index contributed by atoms with van der Waals surface area (Å²) in [6.45, 7) is -0.379. The fraction of sp³-hybridized carbons (Fsp3) is 0.304. The SMILES string of the molecule is Nc1nc2c(c(=O)[nH]1)NCN2[C@@H]1C[C@H](COP(=O)(O)Oc2ccccc2Cl)[C@H]1COP(=O)(O)Oc1ccccc1Cl. The van der Waals surface area contributed by atoms with Gasteiger partial charge >= 0.3 is 15.6 Å². The van der Waals surface area contributed by atoms with Crippen LogP contribution in [0, 0.1) is 11.8 Å². The number of aromatic nitrogens is 2. The van der Waals surface area contributed by atoms with E-state index in [2.05, 4.69) is 15.3 Å². The van der Waals surface area contributed by atoms with Crippen LogP contribution in [0.1, 0.15) is 6.42 Å². The monoisotopic (exact) mass is 647 g/mol. The zero-order valence-electron chi connectivity index (χ0n) is 21.1. The summed E-state index contributed by atoms with van der Waals surface area (Å²) in [6.07, 6.45) is 0.386. The second-order valence-corrected chi connectivity index (χ2v) is 12.8. The molecule has 0 saturated heterocycles. The zero-order valence-corrected chi connectivity index (χ0v) is 24.4. The fourth-order valence-corrected chi connectivity index (χ4v) is 6.76. The molecule has 220 valence electrons. The molecule has 1 aromatic heterocycles. The molecule has 5 atom stereocenters. The van der Waals surface area contributed by atoms with E-state index < -0.39 is 33.0 Å². The number of phosphoric acid groups is 2. The lowest BCUT2D eigenvalue weighted by Gasteiger charge is -2.48. The highest BCUT2D eigenvalue weighted by atomic mass is 35.5.